The molecule has 0 amide bonds. The maximum Gasteiger partial charge on any atom is 0.344 e. The second-order valence-corrected chi connectivity index (χ2v) is 7.25. The summed E-state index contributed by atoms with van der Waals surface area (Å²) >= 11 is 1.18. The standard InChI is InChI=1S/C22H21NO5S/c1-4-28-22(26)19-20(25)18(12-14-5-10-17(24)13(2)11-14)29-21(19)23-15-6-8-16(27-3)9-7-15/h5-12,24-25H,4H2,1-3H3/b18-12+,23-21?. The van der Waals surface area contributed by atoms with Gasteiger partial charge < -0.3 is 19.7 Å². The molecule has 6 nitrogen and oxygen atoms in total. The Labute approximate surface area is 173 Å². The zero-order chi connectivity index (χ0) is 21.0. The van der Waals surface area contributed by atoms with Gasteiger partial charge in [-0.25, -0.2) is 9.79 Å². The van der Waals surface area contributed by atoms with Crippen LogP contribution >= 0.6 is 11.8 Å². The smallest absolute Gasteiger partial charge is 0.344 e. The van der Waals surface area contributed by atoms with Crippen molar-refractivity contribution in [3.05, 3.63) is 69.8 Å². The van der Waals surface area contributed by atoms with Gasteiger partial charge in [-0.1, -0.05) is 17.8 Å². The summed E-state index contributed by atoms with van der Waals surface area (Å²) in [4.78, 5) is 17.4. The SMILES string of the molecule is CCOC(=O)C1=C(O)/C(=C\c2ccc(O)c(C)c2)SC1=Nc1ccc(OC)cc1. The molecule has 0 saturated heterocycles. The summed E-state index contributed by atoms with van der Waals surface area (Å²) in [5, 5.41) is 20.8. The molecule has 0 bridgehead atoms. The summed E-state index contributed by atoms with van der Waals surface area (Å²) in [7, 11) is 1.58. The van der Waals surface area contributed by atoms with Crippen LogP contribution in [0.4, 0.5) is 5.69 Å². The molecule has 0 spiro atoms. The zero-order valence-corrected chi connectivity index (χ0v) is 17.1. The largest absolute Gasteiger partial charge is 0.508 e. The number of hydrogen-bond acceptors (Lipinski definition) is 7. The first-order chi connectivity index (χ1) is 13.9. The predicted molar refractivity (Wildman–Crippen MR) is 115 cm³/mol. The molecule has 29 heavy (non-hydrogen) atoms. The molecule has 2 aromatic rings. The van der Waals surface area contributed by atoms with Gasteiger partial charge in [-0.2, -0.15) is 0 Å². The molecule has 7 heteroatoms. The van der Waals surface area contributed by atoms with Crippen LogP contribution in [0.5, 0.6) is 11.5 Å². The van der Waals surface area contributed by atoms with Gasteiger partial charge in [-0.05, 0) is 67.4 Å². The molecule has 0 aromatic heterocycles. The highest BCUT2D eigenvalue weighted by molar-refractivity contribution is 8.18. The molecule has 0 unspecified atom stereocenters. The zero-order valence-electron chi connectivity index (χ0n) is 16.3. The van der Waals surface area contributed by atoms with Crippen LogP contribution in [0.3, 0.4) is 0 Å². The minimum Gasteiger partial charge on any atom is -0.508 e. The van der Waals surface area contributed by atoms with Crippen molar-refractivity contribution in [3.63, 3.8) is 0 Å². The maximum atomic E-state index is 12.4. The number of hydrogen-bond donors (Lipinski definition) is 2. The molecule has 3 rings (SSSR count). The third kappa shape index (κ3) is 4.63. The van der Waals surface area contributed by atoms with E-state index < -0.39 is 5.97 Å². The van der Waals surface area contributed by atoms with Crippen LogP contribution in [-0.4, -0.2) is 34.9 Å². The molecule has 1 aliphatic heterocycles. The number of rotatable bonds is 5. The Morgan fingerprint density at radius 2 is 1.90 bits per heavy atom. The van der Waals surface area contributed by atoms with E-state index in [2.05, 4.69) is 4.99 Å². The molecule has 2 N–H and O–H groups in total. The number of aliphatic hydroxyl groups is 1. The lowest BCUT2D eigenvalue weighted by atomic mass is 10.1. The summed E-state index contributed by atoms with van der Waals surface area (Å²) in [5.74, 6) is 0.0850. The maximum absolute atomic E-state index is 12.4. The van der Waals surface area contributed by atoms with E-state index >= 15 is 0 Å². The van der Waals surface area contributed by atoms with Crippen LogP contribution < -0.4 is 4.74 Å². The summed E-state index contributed by atoms with van der Waals surface area (Å²) < 4.78 is 10.2. The second-order valence-electron chi connectivity index (χ2n) is 6.22. The number of esters is 1. The van der Waals surface area contributed by atoms with E-state index in [1.807, 2.05) is 0 Å². The van der Waals surface area contributed by atoms with E-state index in [0.29, 0.717) is 26.9 Å². The fourth-order valence-electron chi connectivity index (χ4n) is 2.69. The number of thioether (sulfide) groups is 1. The first-order valence-corrected chi connectivity index (χ1v) is 9.77. The van der Waals surface area contributed by atoms with Crippen LogP contribution in [0.15, 0.2) is 63.7 Å². The summed E-state index contributed by atoms with van der Waals surface area (Å²) in [5.41, 5.74) is 2.14. The fourth-order valence-corrected chi connectivity index (χ4v) is 3.72. The normalized spacial score (nSPS) is 16.5. The highest BCUT2D eigenvalue weighted by Gasteiger charge is 2.33. The Hall–Kier alpha value is -3.19. The number of carbonyl (C=O) groups excluding carboxylic acids is 1. The highest BCUT2D eigenvalue weighted by atomic mass is 32.2. The molecule has 0 atom stereocenters. The minimum atomic E-state index is -0.630. The van der Waals surface area contributed by atoms with Crippen molar-refractivity contribution >= 4 is 34.5 Å². The van der Waals surface area contributed by atoms with E-state index in [1.54, 1.807) is 69.5 Å². The molecule has 1 aliphatic rings. The topological polar surface area (TPSA) is 88.4 Å². The monoisotopic (exact) mass is 411 g/mol. The van der Waals surface area contributed by atoms with Crippen molar-refractivity contribution in [2.75, 3.05) is 13.7 Å². The van der Waals surface area contributed by atoms with Gasteiger partial charge in [0.15, 0.2) is 0 Å². The van der Waals surface area contributed by atoms with Gasteiger partial charge >= 0.3 is 5.97 Å². The molecule has 0 radical (unpaired) electrons. The van der Waals surface area contributed by atoms with E-state index in [9.17, 15) is 15.0 Å². The van der Waals surface area contributed by atoms with Gasteiger partial charge in [0, 0.05) is 0 Å². The first kappa shape index (κ1) is 20.5. The number of nitrogens with zero attached hydrogens (tertiary/aromatic N) is 1. The molecule has 150 valence electrons. The Bertz CT molecular complexity index is 1020. The number of aliphatic hydroxyl groups excluding tert-OH is 1. The number of aryl methyl sites for hydroxylation is 1. The van der Waals surface area contributed by atoms with Crippen molar-refractivity contribution in [2.45, 2.75) is 13.8 Å². The van der Waals surface area contributed by atoms with Gasteiger partial charge in [0.2, 0.25) is 0 Å². The van der Waals surface area contributed by atoms with E-state index in [1.165, 1.54) is 11.8 Å². The van der Waals surface area contributed by atoms with Gasteiger partial charge in [-0.3, -0.25) is 0 Å². The molecule has 1 heterocycles. The lowest BCUT2D eigenvalue weighted by Gasteiger charge is -2.04. The minimum absolute atomic E-state index is 0.0365. The number of benzene rings is 2. The Morgan fingerprint density at radius 1 is 1.17 bits per heavy atom. The number of phenolic OH excluding ortho intramolecular Hbond substituents is 1. The number of aliphatic imine (C=N–C) groups is 1. The molecule has 0 saturated carbocycles. The Morgan fingerprint density at radius 3 is 2.52 bits per heavy atom. The molecule has 2 aromatic carbocycles. The van der Waals surface area contributed by atoms with E-state index in [-0.39, 0.29) is 23.7 Å². The molecule has 0 aliphatic carbocycles. The van der Waals surface area contributed by atoms with Crippen molar-refractivity contribution < 1.29 is 24.5 Å². The average Bonchev–Trinajstić information content (AvgIpc) is 3.00. The average molecular weight is 411 g/mol. The number of ether oxygens (including phenoxy) is 2. The third-order valence-electron chi connectivity index (χ3n) is 4.19. The van der Waals surface area contributed by atoms with Crippen LogP contribution in [0.1, 0.15) is 18.1 Å². The van der Waals surface area contributed by atoms with E-state index in [0.717, 1.165) is 5.56 Å². The fraction of sp³-hybridized carbons (Fsp3) is 0.182. The Kier molecular flexibility index (Phi) is 6.29. The number of aromatic hydroxyl groups is 1. The van der Waals surface area contributed by atoms with Crippen LogP contribution in [0.2, 0.25) is 0 Å². The summed E-state index contributed by atoms with van der Waals surface area (Å²) in [6.07, 6.45) is 1.74. The third-order valence-corrected chi connectivity index (χ3v) is 5.21. The number of phenols is 1. The molecular weight excluding hydrogens is 390 g/mol. The summed E-state index contributed by atoms with van der Waals surface area (Å²) in [6.45, 7) is 3.68. The van der Waals surface area contributed by atoms with Gasteiger partial charge in [0.25, 0.3) is 0 Å². The quantitative estimate of drug-likeness (QED) is 0.680. The van der Waals surface area contributed by atoms with Crippen LogP contribution in [0.25, 0.3) is 6.08 Å². The van der Waals surface area contributed by atoms with Crippen LogP contribution in [-0.2, 0) is 9.53 Å². The first-order valence-electron chi connectivity index (χ1n) is 8.96. The number of carbonyl (C=O) groups is 1. The van der Waals surface area contributed by atoms with Gasteiger partial charge in [0.1, 0.15) is 27.9 Å². The molecular formula is C22H21NO5S. The highest BCUT2D eigenvalue weighted by Crippen LogP contribution is 2.40. The second kappa shape index (κ2) is 8.87. The van der Waals surface area contributed by atoms with Crippen molar-refractivity contribution in [1.29, 1.82) is 0 Å². The molecule has 0 fully saturated rings. The Balaban J connectivity index is 2.02. The van der Waals surface area contributed by atoms with Gasteiger partial charge in [-0.15, -0.1) is 0 Å². The van der Waals surface area contributed by atoms with Crippen molar-refractivity contribution in [2.24, 2.45) is 4.99 Å². The summed E-state index contributed by atoms with van der Waals surface area (Å²) in [6, 6.07) is 12.2. The number of methoxy groups -OCH3 is 1. The van der Waals surface area contributed by atoms with Crippen LogP contribution in [0, 0.1) is 6.92 Å². The van der Waals surface area contributed by atoms with Crippen molar-refractivity contribution in [1.82, 2.24) is 0 Å². The van der Waals surface area contributed by atoms with Crippen molar-refractivity contribution in [3.8, 4) is 11.5 Å². The lowest BCUT2D eigenvalue weighted by Crippen LogP contribution is -2.12. The predicted octanol–water partition coefficient (Wildman–Crippen LogP) is 4.90. The van der Waals surface area contributed by atoms with E-state index in [4.69, 9.17) is 9.47 Å². The lowest BCUT2D eigenvalue weighted by molar-refractivity contribution is -0.138. The van der Waals surface area contributed by atoms with Gasteiger partial charge in [0.05, 0.1) is 24.3 Å².